The van der Waals surface area contributed by atoms with Crippen molar-refractivity contribution in [1.29, 1.82) is 0 Å². The van der Waals surface area contributed by atoms with Crippen molar-refractivity contribution in [1.82, 2.24) is 10.3 Å². The number of carbonyl (C=O) groups excluding carboxylic acids is 1. The molecule has 76 valence electrons. The number of rotatable bonds is 3. The summed E-state index contributed by atoms with van der Waals surface area (Å²) in [6, 6.07) is 2.90. The molecule has 0 spiro atoms. The summed E-state index contributed by atoms with van der Waals surface area (Å²) in [5, 5.41) is 2.18. The van der Waals surface area contributed by atoms with Gasteiger partial charge in [0.15, 0.2) is 0 Å². The summed E-state index contributed by atoms with van der Waals surface area (Å²) < 4.78 is 23.8. The molecule has 1 N–H and O–H groups in total. The Bertz CT molecular complexity index is 303. The molecule has 0 aliphatic rings. The molecule has 0 aromatic carbocycles. The molecule has 0 bridgehead atoms. The van der Waals surface area contributed by atoms with Crippen LogP contribution < -0.4 is 5.32 Å². The molecule has 14 heavy (non-hydrogen) atoms. The first kappa shape index (κ1) is 10.6. The van der Waals surface area contributed by atoms with Gasteiger partial charge in [-0.3, -0.25) is 9.78 Å². The number of aromatic nitrogens is 1. The molecule has 0 fully saturated rings. The van der Waals surface area contributed by atoms with Crippen molar-refractivity contribution < 1.29 is 13.6 Å². The average molecular weight is 200 g/mol. The summed E-state index contributed by atoms with van der Waals surface area (Å²) in [6.45, 7) is 1.63. The van der Waals surface area contributed by atoms with Crippen molar-refractivity contribution in [3.8, 4) is 0 Å². The van der Waals surface area contributed by atoms with E-state index < -0.39 is 18.4 Å². The predicted molar refractivity (Wildman–Crippen MR) is 46.8 cm³/mol. The van der Waals surface area contributed by atoms with Gasteiger partial charge >= 0.3 is 6.43 Å². The highest BCUT2D eigenvalue weighted by Crippen LogP contribution is 2.10. The zero-order valence-electron chi connectivity index (χ0n) is 7.58. The molecule has 0 saturated carbocycles. The third-order valence-corrected chi connectivity index (χ3v) is 1.76. The Morgan fingerprint density at radius 3 is 2.50 bits per heavy atom. The normalized spacial score (nSPS) is 12.6. The lowest BCUT2D eigenvalue weighted by Crippen LogP contribution is -2.31. The monoisotopic (exact) mass is 200 g/mol. The predicted octanol–water partition coefficient (Wildman–Crippen LogP) is 1.52. The summed E-state index contributed by atoms with van der Waals surface area (Å²) in [4.78, 5) is 14.4. The summed E-state index contributed by atoms with van der Waals surface area (Å²) in [7, 11) is 0. The van der Waals surface area contributed by atoms with Gasteiger partial charge in [0.25, 0.3) is 5.91 Å². The average Bonchev–Trinajstić information content (AvgIpc) is 2.19. The van der Waals surface area contributed by atoms with E-state index in [4.69, 9.17) is 0 Å². The van der Waals surface area contributed by atoms with Crippen LogP contribution in [-0.2, 0) is 4.79 Å². The maximum absolute atomic E-state index is 11.9. The fraction of sp³-hybridized carbons (Fsp3) is 0.333. The first-order valence-electron chi connectivity index (χ1n) is 4.09. The molecule has 0 aliphatic heterocycles. The fourth-order valence-electron chi connectivity index (χ4n) is 1.01. The van der Waals surface area contributed by atoms with Gasteiger partial charge in [-0.1, -0.05) is 0 Å². The van der Waals surface area contributed by atoms with Gasteiger partial charge in [0, 0.05) is 12.4 Å². The van der Waals surface area contributed by atoms with Crippen molar-refractivity contribution in [2.24, 2.45) is 0 Å². The summed E-state index contributed by atoms with van der Waals surface area (Å²) in [5.41, 5.74) is 0.744. The quantitative estimate of drug-likeness (QED) is 0.803. The van der Waals surface area contributed by atoms with Crippen LogP contribution in [-0.4, -0.2) is 17.3 Å². The van der Waals surface area contributed by atoms with E-state index in [1.807, 2.05) is 0 Å². The maximum Gasteiger partial charge on any atom is 0.315 e. The van der Waals surface area contributed by atoms with E-state index >= 15 is 0 Å². The van der Waals surface area contributed by atoms with Crippen LogP contribution in [0, 0.1) is 0 Å². The number of nitrogens with zero attached hydrogens (tertiary/aromatic N) is 1. The Hall–Kier alpha value is -1.52. The standard InChI is InChI=1S/C9H10F2N2O/c1-6(13-9(14)8(10)11)7-2-4-12-5-3-7/h2-6,8H,1H3,(H,13,14). The van der Waals surface area contributed by atoms with Crippen LogP contribution >= 0.6 is 0 Å². The van der Waals surface area contributed by atoms with Gasteiger partial charge in [0.05, 0.1) is 6.04 Å². The number of pyridine rings is 1. The number of alkyl halides is 2. The first-order valence-corrected chi connectivity index (χ1v) is 4.09. The SMILES string of the molecule is CC(NC(=O)C(F)F)c1ccncc1. The molecule has 1 rings (SSSR count). The van der Waals surface area contributed by atoms with Crippen LogP contribution in [0.2, 0.25) is 0 Å². The number of amides is 1. The Kier molecular flexibility index (Phi) is 3.50. The lowest BCUT2D eigenvalue weighted by molar-refractivity contribution is -0.132. The Balaban J connectivity index is 2.59. The summed E-state index contributed by atoms with van der Waals surface area (Å²) in [5.74, 6) is -1.26. The Morgan fingerprint density at radius 2 is 2.00 bits per heavy atom. The molecule has 0 saturated heterocycles. The van der Waals surface area contributed by atoms with Crippen LogP contribution in [0.4, 0.5) is 8.78 Å². The molecule has 1 aromatic rings. The second-order valence-electron chi connectivity index (χ2n) is 2.81. The zero-order chi connectivity index (χ0) is 10.6. The number of hydrogen-bond donors (Lipinski definition) is 1. The molecule has 3 nitrogen and oxygen atoms in total. The number of carbonyl (C=O) groups is 1. The van der Waals surface area contributed by atoms with Crippen LogP contribution in [0.3, 0.4) is 0 Å². The van der Waals surface area contributed by atoms with E-state index in [0.29, 0.717) is 0 Å². The molecule has 1 atom stereocenters. The van der Waals surface area contributed by atoms with E-state index in [9.17, 15) is 13.6 Å². The van der Waals surface area contributed by atoms with Gasteiger partial charge in [-0.15, -0.1) is 0 Å². The number of nitrogens with one attached hydrogen (secondary N) is 1. The molecule has 0 radical (unpaired) electrons. The van der Waals surface area contributed by atoms with Crippen LogP contribution in [0.1, 0.15) is 18.5 Å². The minimum Gasteiger partial charge on any atom is -0.345 e. The van der Waals surface area contributed by atoms with Gasteiger partial charge in [0.2, 0.25) is 0 Å². The third-order valence-electron chi connectivity index (χ3n) is 1.76. The minimum atomic E-state index is -2.97. The highest BCUT2D eigenvalue weighted by atomic mass is 19.3. The molecule has 1 unspecified atom stereocenters. The second-order valence-corrected chi connectivity index (χ2v) is 2.81. The molecule has 1 aromatic heterocycles. The van der Waals surface area contributed by atoms with Gasteiger partial charge < -0.3 is 5.32 Å². The van der Waals surface area contributed by atoms with E-state index in [1.165, 1.54) is 0 Å². The molecule has 0 aliphatic carbocycles. The largest absolute Gasteiger partial charge is 0.345 e. The van der Waals surface area contributed by atoms with Crippen LogP contribution in [0.5, 0.6) is 0 Å². The highest BCUT2D eigenvalue weighted by molar-refractivity contribution is 5.79. The van der Waals surface area contributed by atoms with E-state index in [2.05, 4.69) is 10.3 Å². The summed E-state index contributed by atoms with van der Waals surface area (Å²) in [6.07, 6.45) is 0.111. The molecular weight excluding hydrogens is 190 g/mol. The lowest BCUT2D eigenvalue weighted by atomic mass is 10.1. The smallest absolute Gasteiger partial charge is 0.315 e. The van der Waals surface area contributed by atoms with E-state index in [1.54, 1.807) is 31.5 Å². The van der Waals surface area contributed by atoms with Crippen molar-refractivity contribution in [3.63, 3.8) is 0 Å². The van der Waals surface area contributed by atoms with Gasteiger partial charge in [-0.05, 0) is 24.6 Å². The van der Waals surface area contributed by atoms with Crippen LogP contribution in [0.25, 0.3) is 0 Å². The van der Waals surface area contributed by atoms with Gasteiger partial charge in [-0.2, -0.15) is 8.78 Å². The summed E-state index contributed by atoms with van der Waals surface area (Å²) >= 11 is 0. The number of hydrogen-bond acceptors (Lipinski definition) is 2. The molecule has 1 amide bonds. The molecular formula is C9H10F2N2O. The van der Waals surface area contributed by atoms with Crippen LogP contribution in [0.15, 0.2) is 24.5 Å². The van der Waals surface area contributed by atoms with E-state index in [0.717, 1.165) is 5.56 Å². The molecule has 1 heterocycles. The first-order chi connectivity index (χ1) is 6.61. The van der Waals surface area contributed by atoms with Crippen molar-refractivity contribution >= 4 is 5.91 Å². The second kappa shape index (κ2) is 4.64. The third kappa shape index (κ3) is 2.76. The van der Waals surface area contributed by atoms with Crippen molar-refractivity contribution in [2.45, 2.75) is 19.4 Å². The van der Waals surface area contributed by atoms with Crippen molar-refractivity contribution in [2.75, 3.05) is 0 Å². The van der Waals surface area contributed by atoms with Gasteiger partial charge in [-0.25, -0.2) is 0 Å². The maximum atomic E-state index is 11.9. The van der Waals surface area contributed by atoms with Crippen molar-refractivity contribution in [3.05, 3.63) is 30.1 Å². The van der Waals surface area contributed by atoms with Gasteiger partial charge in [0.1, 0.15) is 0 Å². The highest BCUT2D eigenvalue weighted by Gasteiger charge is 2.17. The molecule has 5 heteroatoms. The minimum absolute atomic E-state index is 0.431. The van der Waals surface area contributed by atoms with E-state index in [-0.39, 0.29) is 0 Å². The Morgan fingerprint density at radius 1 is 1.43 bits per heavy atom. The topological polar surface area (TPSA) is 42.0 Å². The lowest BCUT2D eigenvalue weighted by Gasteiger charge is -2.13. The number of halogens is 2. The fourth-order valence-corrected chi connectivity index (χ4v) is 1.01. The Labute approximate surface area is 80.2 Å². The zero-order valence-corrected chi connectivity index (χ0v) is 7.58.